The van der Waals surface area contributed by atoms with Crippen LogP contribution in [-0.2, 0) is 10.0 Å². The Morgan fingerprint density at radius 3 is 2.69 bits per heavy atom. The molecule has 2 bridgehead atoms. The maximum atomic E-state index is 12.4. The number of hydrogen-bond donors (Lipinski definition) is 3. The van der Waals surface area contributed by atoms with Gasteiger partial charge < -0.3 is 16.0 Å². The van der Waals surface area contributed by atoms with E-state index < -0.39 is 15.9 Å². The van der Waals surface area contributed by atoms with Gasteiger partial charge in [0.15, 0.2) is 0 Å². The van der Waals surface area contributed by atoms with Gasteiger partial charge in [-0.3, -0.25) is 4.79 Å². The van der Waals surface area contributed by atoms with Gasteiger partial charge >= 0.3 is 0 Å². The van der Waals surface area contributed by atoms with E-state index in [2.05, 4.69) is 15.3 Å². The minimum atomic E-state index is -3.18. The second kappa shape index (κ2) is 6.24. The Morgan fingerprint density at radius 1 is 1.38 bits per heavy atom. The first-order chi connectivity index (χ1) is 12.4. The van der Waals surface area contributed by atoms with Crippen LogP contribution in [0.4, 0.5) is 5.69 Å². The number of carbonyl (C=O) groups is 1. The molecule has 2 saturated heterocycles. The molecule has 0 spiro atoms. The number of amides is 1. The van der Waals surface area contributed by atoms with Gasteiger partial charge in [0.1, 0.15) is 5.65 Å². The molecule has 0 saturated carbocycles. The van der Waals surface area contributed by atoms with Gasteiger partial charge in [0.05, 0.1) is 17.0 Å². The number of piperidine rings is 1. The Hall–Kier alpha value is -2.13. The van der Waals surface area contributed by atoms with Crippen molar-refractivity contribution in [2.24, 2.45) is 5.73 Å². The third kappa shape index (κ3) is 2.75. The van der Waals surface area contributed by atoms with Crippen LogP contribution in [0.3, 0.4) is 0 Å². The summed E-state index contributed by atoms with van der Waals surface area (Å²) in [5.74, 6) is -0.393. The predicted octanol–water partition coefficient (Wildman–Crippen LogP) is 1.42. The first-order valence-electron chi connectivity index (χ1n) is 8.94. The summed E-state index contributed by atoms with van der Waals surface area (Å²) in [5.41, 5.74) is 7.25. The molecule has 9 heteroatoms. The first kappa shape index (κ1) is 17.3. The highest BCUT2D eigenvalue weighted by Crippen LogP contribution is 2.39. The minimum Gasteiger partial charge on any atom is -0.381 e. The molecule has 0 aromatic carbocycles. The van der Waals surface area contributed by atoms with Crippen LogP contribution in [0.5, 0.6) is 0 Å². The third-order valence-electron chi connectivity index (χ3n) is 5.55. The highest BCUT2D eigenvalue weighted by Gasteiger charge is 2.46. The van der Waals surface area contributed by atoms with Crippen LogP contribution in [0.1, 0.15) is 43.0 Å². The normalized spacial score (nSPS) is 26.3. The van der Waals surface area contributed by atoms with Crippen LogP contribution in [0, 0.1) is 0 Å². The Kier molecular flexibility index (Phi) is 4.15. The fourth-order valence-corrected chi connectivity index (χ4v) is 6.00. The number of aromatic amines is 1. The number of anilines is 1. The van der Waals surface area contributed by atoms with E-state index in [4.69, 9.17) is 5.73 Å². The lowest BCUT2D eigenvalue weighted by atomic mass is 9.98. The van der Waals surface area contributed by atoms with E-state index in [0.717, 1.165) is 31.1 Å². The lowest BCUT2D eigenvalue weighted by Gasteiger charge is -2.38. The second-order valence-corrected chi connectivity index (χ2v) is 9.24. The molecule has 4 rings (SSSR count). The van der Waals surface area contributed by atoms with Crippen molar-refractivity contribution >= 4 is 32.7 Å². The van der Waals surface area contributed by atoms with E-state index in [-0.39, 0.29) is 23.9 Å². The fourth-order valence-electron chi connectivity index (χ4n) is 4.41. The number of nitrogens with zero attached hydrogens (tertiary/aromatic N) is 2. The summed E-state index contributed by atoms with van der Waals surface area (Å²) in [5, 5.41) is 4.29. The van der Waals surface area contributed by atoms with E-state index in [1.165, 1.54) is 6.20 Å². The molecule has 2 aromatic rings. The molecule has 0 aliphatic carbocycles. The van der Waals surface area contributed by atoms with Crippen LogP contribution in [0.25, 0.3) is 11.0 Å². The second-order valence-electron chi connectivity index (χ2n) is 7.08. The van der Waals surface area contributed by atoms with E-state index in [0.29, 0.717) is 16.9 Å². The van der Waals surface area contributed by atoms with Crippen molar-refractivity contribution in [3.63, 3.8) is 0 Å². The predicted molar refractivity (Wildman–Crippen MR) is 99.4 cm³/mol. The molecule has 4 N–H and O–H groups in total. The van der Waals surface area contributed by atoms with E-state index in [1.807, 2.05) is 6.07 Å². The number of nitrogens with one attached hydrogen (secondary N) is 2. The van der Waals surface area contributed by atoms with Crippen LogP contribution in [-0.4, -0.2) is 52.5 Å². The number of H-pyrrole nitrogens is 1. The molecule has 1 amide bonds. The minimum absolute atomic E-state index is 0.0248. The molecule has 2 aliphatic rings. The monoisotopic (exact) mass is 377 g/mol. The summed E-state index contributed by atoms with van der Waals surface area (Å²) in [6.45, 7) is 1.69. The number of pyridine rings is 1. The molecule has 4 heterocycles. The van der Waals surface area contributed by atoms with Crippen LogP contribution < -0.4 is 11.1 Å². The highest BCUT2D eigenvalue weighted by molar-refractivity contribution is 7.89. The molecule has 140 valence electrons. The van der Waals surface area contributed by atoms with Gasteiger partial charge in [0.2, 0.25) is 10.0 Å². The average Bonchev–Trinajstić information content (AvgIpc) is 3.18. The van der Waals surface area contributed by atoms with E-state index >= 15 is 0 Å². The van der Waals surface area contributed by atoms with Crippen LogP contribution in [0.15, 0.2) is 18.5 Å². The lowest BCUT2D eigenvalue weighted by Crippen LogP contribution is -2.50. The number of sulfonamides is 1. The molecule has 2 aromatic heterocycles. The molecule has 2 fully saturated rings. The maximum absolute atomic E-state index is 12.4. The zero-order chi connectivity index (χ0) is 18.5. The van der Waals surface area contributed by atoms with Crippen molar-refractivity contribution in [1.82, 2.24) is 14.3 Å². The number of hydrogen-bond acceptors (Lipinski definition) is 5. The summed E-state index contributed by atoms with van der Waals surface area (Å²) in [4.78, 5) is 19.1. The van der Waals surface area contributed by atoms with Crippen molar-refractivity contribution < 1.29 is 13.2 Å². The van der Waals surface area contributed by atoms with E-state index in [1.54, 1.807) is 17.4 Å². The highest BCUT2D eigenvalue weighted by atomic mass is 32.2. The molecular weight excluding hydrogens is 354 g/mol. The van der Waals surface area contributed by atoms with Gasteiger partial charge in [0.25, 0.3) is 5.91 Å². The molecule has 0 unspecified atom stereocenters. The van der Waals surface area contributed by atoms with Crippen molar-refractivity contribution in [1.29, 1.82) is 0 Å². The summed E-state index contributed by atoms with van der Waals surface area (Å²) in [6.07, 6.45) is 6.48. The first-order valence-corrected chi connectivity index (χ1v) is 10.5. The molecular formula is C17H23N5O3S. The topological polar surface area (TPSA) is 121 Å². The van der Waals surface area contributed by atoms with Gasteiger partial charge in [0, 0.05) is 35.9 Å². The largest absolute Gasteiger partial charge is 0.381 e. The summed E-state index contributed by atoms with van der Waals surface area (Å²) >= 11 is 0. The molecule has 26 heavy (non-hydrogen) atoms. The van der Waals surface area contributed by atoms with Gasteiger partial charge in [-0.15, -0.1) is 0 Å². The van der Waals surface area contributed by atoms with Gasteiger partial charge in [-0.1, -0.05) is 0 Å². The Morgan fingerprint density at radius 2 is 2.08 bits per heavy atom. The lowest BCUT2D eigenvalue weighted by molar-refractivity contribution is 0.100. The fraction of sp³-hybridized carbons (Fsp3) is 0.529. The molecule has 8 nitrogen and oxygen atoms in total. The smallest absolute Gasteiger partial charge is 0.252 e. The Balaban J connectivity index is 1.63. The number of aromatic nitrogens is 2. The zero-order valence-electron chi connectivity index (χ0n) is 14.6. The summed E-state index contributed by atoms with van der Waals surface area (Å²) in [6, 6.07) is 2.01. The standard InChI is InChI=1S/C17H23N5O3S/c1-2-26(24,25)22-11-3-4-12(22)8-10(7-11)21-15-13-5-6-19-17(13)20-9-14(15)16(18)23/h5-6,9-12H,2-4,7-8H2,1H3,(H2,18,23)(H2,19,20,21)/t11-,12-/m0/s1. The van der Waals surface area contributed by atoms with Crippen molar-refractivity contribution in [2.45, 2.75) is 50.7 Å². The van der Waals surface area contributed by atoms with Crippen molar-refractivity contribution in [2.75, 3.05) is 11.1 Å². The van der Waals surface area contributed by atoms with Crippen molar-refractivity contribution in [3.8, 4) is 0 Å². The number of nitrogens with two attached hydrogens (primary N) is 1. The number of fused-ring (bicyclic) bond motifs is 3. The third-order valence-corrected chi connectivity index (χ3v) is 7.52. The number of primary amides is 1. The molecule has 2 aliphatic heterocycles. The Labute approximate surface area is 152 Å². The van der Waals surface area contributed by atoms with E-state index in [9.17, 15) is 13.2 Å². The van der Waals surface area contributed by atoms with Crippen LogP contribution >= 0.6 is 0 Å². The Bertz CT molecular complexity index is 940. The van der Waals surface area contributed by atoms with Crippen LogP contribution in [0.2, 0.25) is 0 Å². The molecule has 0 radical (unpaired) electrons. The quantitative estimate of drug-likeness (QED) is 0.727. The number of rotatable bonds is 5. The average molecular weight is 377 g/mol. The zero-order valence-corrected chi connectivity index (χ0v) is 15.4. The van der Waals surface area contributed by atoms with Gasteiger partial charge in [-0.2, -0.15) is 4.31 Å². The van der Waals surface area contributed by atoms with Gasteiger partial charge in [-0.25, -0.2) is 13.4 Å². The SMILES string of the molecule is CCS(=O)(=O)N1[C@H]2CC[C@H]1CC(Nc1c(C(N)=O)cnc3[nH]ccc13)C2. The van der Waals surface area contributed by atoms with Gasteiger partial charge in [-0.05, 0) is 38.7 Å². The summed E-state index contributed by atoms with van der Waals surface area (Å²) < 4.78 is 26.5. The summed E-state index contributed by atoms with van der Waals surface area (Å²) in [7, 11) is -3.18. The number of carbonyl (C=O) groups excluding carboxylic acids is 1. The van der Waals surface area contributed by atoms with Crippen molar-refractivity contribution in [3.05, 3.63) is 24.0 Å². The molecule has 2 atom stereocenters. The maximum Gasteiger partial charge on any atom is 0.252 e.